The van der Waals surface area contributed by atoms with E-state index in [-0.39, 0.29) is 36.7 Å². The number of amides is 1. The molecule has 2 N–H and O–H groups in total. The summed E-state index contributed by atoms with van der Waals surface area (Å²) >= 11 is 0. The molecule has 1 aliphatic carbocycles. The van der Waals surface area contributed by atoms with E-state index in [0.717, 1.165) is 5.56 Å². The zero-order chi connectivity index (χ0) is 25.2. The second-order valence-corrected chi connectivity index (χ2v) is 9.19. The van der Waals surface area contributed by atoms with Crippen molar-refractivity contribution in [3.8, 4) is 17.6 Å². The molecule has 1 aliphatic heterocycles. The Bertz CT molecular complexity index is 1610. The zero-order valence-electron chi connectivity index (χ0n) is 19.1. The third-order valence-electron chi connectivity index (χ3n) is 6.76. The summed E-state index contributed by atoms with van der Waals surface area (Å²) in [5, 5.41) is 0. The number of nitrogen functional groups attached to an aromatic ring is 1. The lowest BCUT2D eigenvalue weighted by molar-refractivity contribution is -0.0936. The fourth-order valence-corrected chi connectivity index (χ4v) is 4.73. The average Bonchev–Trinajstić information content (AvgIpc) is 3.48. The van der Waals surface area contributed by atoms with Crippen molar-refractivity contribution in [2.45, 2.75) is 24.8 Å². The Balaban J connectivity index is 1.27. The number of nitrogens with zero attached hydrogens (tertiary/aromatic N) is 4. The van der Waals surface area contributed by atoms with E-state index in [2.05, 4.69) is 21.8 Å². The minimum Gasteiger partial charge on any atom is -0.491 e. The monoisotopic (exact) mass is 491 g/mol. The van der Waals surface area contributed by atoms with E-state index < -0.39 is 23.7 Å². The average molecular weight is 491 g/mol. The van der Waals surface area contributed by atoms with E-state index in [1.807, 2.05) is 0 Å². The maximum absolute atomic E-state index is 15.0. The van der Waals surface area contributed by atoms with Gasteiger partial charge in [-0.3, -0.25) is 9.20 Å². The van der Waals surface area contributed by atoms with Gasteiger partial charge >= 0.3 is 0 Å². The number of imidazole rings is 1. The van der Waals surface area contributed by atoms with E-state index in [1.54, 1.807) is 35.8 Å². The predicted molar refractivity (Wildman–Crippen MR) is 126 cm³/mol. The Morgan fingerprint density at radius 1 is 1.25 bits per heavy atom. The first-order chi connectivity index (χ1) is 17.2. The van der Waals surface area contributed by atoms with Gasteiger partial charge < -0.3 is 15.4 Å². The van der Waals surface area contributed by atoms with Crippen molar-refractivity contribution in [3.05, 3.63) is 65.4 Å². The number of carbonyl (C=O) groups excluding carboxylic acids is 1. The van der Waals surface area contributed by atoms with E-state index in [0.29, 0.717) is 27.9 Å². The summed E-state index contributed by atoms with van der Waals surface area (Å²) in [6.07, 6.45) is 2.66. The fraction of sp³-hybridized carbons (Fsp3) is 0.269. The van der Waals surface area contributed by atoms with Gasteiger partial charge in [-0.1, -0.05) is 17.9 Å². The standard InChI is InChI=1S/C26H20F3N5O2/c1-33(22-12-36-23-6-14(4-5-16(22)23)2-3-15-9-26(28,29)10-15)25(35)17-7-20-19(8-18(17)27)32-24(30)21-11-31-13-34(20)21/h4-8,11,13,15,22H,9-10,12H2,1H3,(H2,30,32). The van der Waals surface area contributed by atoms with Crippen LogP contribution in [0.25, 0.3) is 16.6 Å². The molecule has 182 valence electrons. The van der Waals surface area contributed by atoms with Crippen LogP contribution in [-0.2, 0) is 0 Å². The van der Waals surface area contributed by atoms with Crippen LogP contribution in [0.3, 0.4) is 0 Å². The number of rotatable bonds is 2. The first kappa shape index (κ1) is 22.2. The Hall–Kier alpha value is -4.26. The highest BCUT2D eigenvalue weighted by molar-refractivity contribution is 5.98. The highest BCUT2D eigenvalue weighted by atomic mass is 19.3. The van der Waals surface area contributed by atoms with Crippen LogP contribution in [0.4, 0.5) is 19.0 Å². The molecule has 1 amide bonds. The number of nitrogens with two attached hydrogens (primary N) is 1. The summed E-state index contributed by atoms with van der Waals surface area (Å²) in [4.78, 5) is 23.1. The molecule has 1 saturated carbocycles. The van der Waals surface area contributed by atoms with Crippen LogP contribution in [-0.4, -0.2) is 44.8 Å². The van der Waals surface area contributed by atoms with Gasteiger partial charge in [0, 0.05) is 43.0 Å². The number of alkyl halides is 2. The first-order valence-corrected chi connectivity index (χ1v) is 11.3. The highest BCUT2D eigenvalue weighted by Crippen LogP contribution is 2.42. The van der Waals surface area contributed by atoms with Crippen LogP contribution in [0.2, 0.25) is 0 Å². The molecule has 4 aromatic rings. The molecule has 7 nitrogen and oxygen atoms in total. The maximum Gasteiger partial charge on any atom is 0.257 e. The van der Waals surface area contributed by atoms with Crippen molar-refractivity contribution in [2.75, 3.05) is 19.4 Å². The lowest BCUT2D eigenvalue weighted by atomic mass is 9.82. The number of halogens is 3. The third kappa shape index (κ3) is 3.59. The zero-order valence-corrected chi connectivity index (χ0v) is 19.1. The van der Waals surface area contributed by atoms with Gasteiger partial charge in [0.25, 0.3) is 11.8 Å². The molecule has 36 heavy (non-hydrogen) atoms. The van der Waals surface area contributed by atoms with Crippen molar-refractivity contribution in [1.29, 1.82) is 0 Å². The summed E-state index contributed by atoms with van der Waals surface area (Å²) in [5.41, 5.74) is 8.61. The van der Waals surface area contributed by atoms with E-state index in [4.69, 9.17) is 10.5 Å². The normalized spacial score (nSPS) is 18.3. The van der Waals surface area contributed by atoms with Gasteiger partial charge in [-0.2, -0.15) is 0 Å². The Morgan fingerprint density at radius 3 is 2.83 bits per heavy atom. The highest BCUT2D eigenvalue weighted by Gasteiger charge is 2.44. The van der Waals surface area contributed by atoms with Crippen LogP contribution in [0.5, 0.6) is 5.75 Å². The van der Waals surface area contributed by atoms with Crippen LogP contribution in [0, 0.1) is 23.6 Å². The van der Waals surface area contributed by atoms with Crippen molar-refractivity contribution in [1.82, 2.24) is 19.3 Å². The lowest BCUT2D eigenvalue weighted by Gasteiger charge is -2.31. The predicted octanol–water partition coefficient (Wildman–Crippen LogP) is 4.21. The minimum atomic E-state index is -2.61. The molecule has 2 aromatic carbocycles. The molecule has 10 heteroatoms. The molecule has 3 heterocycles. The van der Waals surface area contributed by atoms with Crippen molar-refractivity contribution < 1.29 is 22.7 Å². The molecule has 0 bridgehead atoms. The smallest absolute Gasteiger partial charge is 0.257 e. The summed E-state index contributed by atoms with van der Waals surface area (Å²) in [6.45, 7) is 0.197. The van der Waals surface area contributed by atoms with Crippen molar-refractivity contribution in [2.24, 2.45) is 5.92 Å². The van der Waals surface area contributed by atoms with E-state index in [9.17, 15) is 13.6 Å². The fourth-order valence-electron chi connectivity index (χ4n) is 4.73. The second-order valence-electron chi connectivity index (χ2n) is 9.19. The molecule has 6 rings (SSSR count). The Labute approximate surface area is 203 Å². The van der Waals surface area contributed by atoms with Gasteiger partial charge in [0.05, 0.1) is 35.2 Å². The molecule has 1 atom stereocenters. The molecular weight excluding hydrogens is 471 g/mol. The summed E-state index contributed by atoms with van der Waals surface area (Å²) < 4.78 is 48.5. The molecule has 1 unspecified atom stereocenters. The van der Waals surface area contributed by atoms with Gasteiger partial charge in [0.15, 0.2) is 0 Å². The number of hydrogen-bond donors (Lipinski definition) is 1. The van der Waals surface area contributed by atoms with Crippen LogP contribution < -0.4 is 10.5 Å². The Kier molecular flexibility index (Phi) is 4.86. The van der Waals surface area contributed by atoms with Gasteiger partial charge in [0.1, 0.15) is 29.5 Å². The van der Waals surface area contributed by atoms with E-state index in [1.165, 1.54) is 23.4 Å². The molecule has 2 aliphatic rings. The van der Waals surface area contributed by atoms with Crippen LogP contribution in [0.1, 0.15) is 40.4 Å². The number of likely N-dealkylation sites (N-methyl/N-ethyl adjacent to an activating group) is 1. The summed E-state index contributed by atoms with van der Waals surface area (Å²) in [5.74, 6) is 2.44. The van der Waals surface area contributed by atoms with Crippen molar-refractivity contribution in [3.63, 3.8) is 0 Å². The number of aromatic nitrogens is 3. The number of hydrogen-bond acceptors (Lipinski definition) is 5. The number of benzene rings is 2. The third-order valence-corrected chi connectivity index (χ3v) is 6.76. The number of fused-ring (bicyclic) bond motifs is 4. The molecule has 0 radical (unpaired) electrons. The van der Waals surface area contributed by atoms with Crippen LogP contribution in [0.15, 0.2) is 42.9 Å². The molecular formula is C26H20F3N5O2. The molecule has 0 spiro atoms. The summed E-state index contributed by atoms with van der Waals surface area (Å²) in [6, 6.07) is 7.51. The number of carbonyl (C=O) groups is 1. The number of anilines is 1. The quantitative estimate of drug-likeness (QED) is 0.425. The van der Waals surface area contributed by atoms with Gasteiger partial charge in [-0.25, -0.2) is 23.1 Å². The SMILES string of the molecule is CN(C(=O)c1cc2c(cc1F)nc(N)c1cncn12)C1COc2cc(C#CC3CC(F)(F)C3)ccc21. The van der Waals surface area contributed by atoms with Gasteiger partial charge in [-0.15, -0.1) is 0 Å². The maximum atomic E-state index is 15.0. The molecule has 2 aromatic heterocycles. The Morgan fingerprint density at radius 2 is 2.06 bits per heavy atom. The summed E-state index contributed by atoms with van der Waals surface area (Å²) in [7, 11) is 1.59. The van der Waals surface area contributed by atoms with Crippen LogP contribution >= 0.6 is 0 Å². The van der Waals surface area contributed by atoms with Gasteiger partial charge in [-0.05, 0) is 18.2 Å². The van der Waals surface area contributed by atoms with E-state index >= 15 is 4.39 Å². The minimum absolute atomic E-state index is 0.111. The van der Waals surface area contributed by atoms with Gasteiger partial charge in [0.2, 0.25) is 0 Å². The molecule has 0 saturated heterocycles. The second kappa shape index (κ2) is 7.88. The lowest BCUT2D eigenvalue weighted by Crippen LogP contribution is -2.34. The molecule has 1 fully saturated rings. The first-order valence-electron chi connectivity index (χ1n) is 11.3. The number of ether oxygens (including phenoxy) is 1. The van der Waals surface area contributed by atoms with Crippen molar-refractivity contribution >= 4 is 28.3 Å². The largest absolute Gasteiger partial charge is 0.491 e. The topological polar surface area (TPSA) is 85.8 Å².